The Morgan fingerprint density at radius 2 is 2.24 bits per heavy atom. The zero-order chi connectivity index (χ0) is 15.1. The molecule has 0 saturated carbocycles. The lowest BCUT2D eigenvalue weighted by Gasteiger charge is -2.09. The van der Waals surface area contributed by atoms with Gasteiger partial charge in [-0.1, -0.05) is 30.0 Å². The molecule has 0 fully saturated rings. The van der Waals surface area contributed by atoms with E-state index in [-0.39, 0.29) is 12.5 Å². The van der Waals surface area contributed by atoms with Crippen LogP contribution in [-0.4, -0.2) is 24.7 Å². The Balaban J connectivity index is 2.13. The minimum atomic E-state index is -0.191. The molecule has 0 unspecified atom stereocenters. The van der Waals surface area contributed by atoms with Crippen molar-refractivity contribution < 1.29 is 14.6 Å². The number of aliphatic hydroxyl groups is 1. The molecule has 0 aliphatic rings. The molecular formula is C16H15NO3S. The second-order valence-corrected chi connectivity index (χ2v) is 5.12. The molecule has 0 saturated heterocycles. The molecule has 2 rings (SSSR count). The maximum Gasteiger partial charge on any atom is 0.256 e. The lowest BCUT2D eigenvalue weighted by molar-refractivity contribution is 0.102. The molecule has 108 valence electrons. The third-order valence-corrected chi connectivity index (χ3v) is 3.56. The average Bonchev–Trinajstić information content (AvgIpc) is 2.96. The molecule has 5 heteroatoms. The smallest absolute Gasteiger partial charge is 0.256 e. The van der Waals surface area contributed by atoms with Gasteiger partial charge in [0.25, 0.3) is 5.91 Å². The van der Waals surface area contributed by atoms with E-state index in [0.717, 1.165) is 16.1 Å². The van der Waals surface area contributed by atoms with Crippen molar-refractivity contribution in [3.05, 3.63) is 51.7 Å². The molecule has 0 spiro atoms. The first-order valence-electron chi connectivity index (χ1n) is 6.31. The lowest BCUT2D eigenvalue weighted by Crippen LogP contribution is -2.12. The van der Waals surface area contributed by atoms with E-state index in [1.165, 1.54) is 11.3 Å². The first kappa shape index (κ1) is 15.3. The van der Waals surface area contributed by atoms with E-state index in [0.29, 0.717) is 12.2 Å². The lowest BCUT2D eigenvalue weighted by atomic mass is 10.2. The Kier molecular flexibility index (Phi) is 5.52. The number of anilines is 1. The number of rotatable bonds is 4. The quantitative estimate of drug-likeness (QED) is 0.853. The number of para-hydroxylation sites is 1. The number of ether oxygens (including phenoxy) is 1. The Morgan fingerprint density at radius 3 is 3.00 bits per heavy atom. The van der Waals surface area contributed by atoms with Crippen molar-refractivity contribution >= 4 is 22.9 Å². The molecule has 1 aromatic carbocycles. The number of hydrogen-bond donors (Lipinski definition) is 2. The summed E-state index contributed by atoms with van der Waals surface area (Å²) in [6, 6.07) is 9.22. The fraction of sp³-hybridized carbons (Fsp3) is 0.188. The number of methoxy groups -OCH3 is 1. The maximum absolute atomic E-state index is 12.2. The number of benzene rings is 1. The minimum Gasteiger partial charge on any atom is -0.384 e. The Hall–Kier alpha value is -2.13. The Bertz CT molecular complexity index is 682. The molecule has 0 radical (unpaired) electrons. The zero-order valence-electron chi connectivity index (χ0n) is 11.6. The number of carbonyl (C=O) groups is 1. The van der Waals surface area contributed by atoms with Crippen molar-refractivity contribution in [2.75, 3.05) is 19.0 Å². The second-order valence-electron chi connectivity index (χ2n) is 4.20. The van der Waals surface area contributed by atoms with Crippen molar-refractivity contribution in [1.82, 2.24) is 0 Å². The van der Waals surface area contributed by atoms with Crippen LogP contribution in [0.1, 0.15) is 20.8 Å². The van der Waals surface area contributed by atoms with Crippen LogP contribution in [0.2, 0.25) is 0 Å². The van der Waals surface area contributed by atoms with Crippen LogP contribution in [0, 0.1) is 11.8 Å². The highest BCUT2D eigenvalue weighted by Gasteiger charge is 2.10. The van der Waals surface area contributed by atoms with Crippen molar-refractivity contribution in [3.8, 4) is 11.8 Å². The fourth-order valence-corrected chi connectivity index (χ4v) is 2.52. The number of nitrogens with one attached hydrogen (secondary N) is 1. The number of carbonyl (C=O) groups excluding carboxylic acids is 1. The van der Waals surface area contributed by atoms with E-state index in [9.17, 15) is 4.79 Å². The van der Waals surface area contributed by atoms with E-state index in [4.69, 9.17) is 9.84 Å². The maximum atomic E-state index is 12.2. The largest absolute Gasteiger partial charge is 0.384 e. The fourth-order valence-electron chi connectivity index (χ4n) is 1.77. The van der Waals surface area contributed by atoms with Gasteiger partial charge in [-0.15, -0.1) is 11.3 Å². The van der Waals surface area contributed by atoms with Gasteiger partial charge in [-0.3, -0.25) is 4.79 Å². The van der Waals surface area contributed by atoms with E-state index in [1.54, 1.807) is 18.6 Å². The van der Waals surface area contributed by atoms with Crippen molar-refractivity contribution in [1.29, 1.82) is 0 Å². The van der Waals surface area contributed by atoms with Crippen LogP contribution >= 0.6 is 11.3 Å². The molecule has 2 N–H and O–H groups in total. The van der Waals surface area contributed by atoms with Crippen LogP contribution < -0.4 is 5.32 Å². The van der Waals surface area contributed by atoms with Crippen LogP contribution in [0.25, 0.3) is 0 Å². The molecule has 0 atom stereocenters. The predicted molar refractivity (Wildman–Crippen MR) is 83.4 cm³/mol. The second kappa shape index (κ2) is 7.60. The number of hydrogen-bond acceptors (Lipinski definition) is 4. The zero-order valence-corrected chi connectivity index (χ0v) is 12.4. The Labute approximate surface area is 127 Å². The summed E-state index contributed by atoms with van der Waals surface area (Å²) in [4.78, 5) is 13.0. The summed E-state index contributed by atoms with van der Waals surface area (Å²) < 4.78 is 5.11. The van der Waals surface area contributed by atoms with Gasteiger partial charge in [-0.2, -0.15) is 0 Å². The molecule has 2 aromatic rings. The number of thiophene rings is 1. The molecule has 21 heavy (non-hydrogen) atoms. The van der Waals surface area contributed by atoms with Crippen LogP contribution in [-0.2, 0) is 11.3 Å². The van der Waals surface area contributed by atoms with Crippen LogP contribution in [0.5, 0.6) is 0 Å². The van der Waals surface area contributed by atoms with Gasteiger partial charge in [0.1, 0.15) is 6.61 Å². The summed E-state index contributed by atoms with van der Waals surface area (Å²) >= 11 is 1.37. The van der Waals surface area contributed by atoms with Gasteiger partial charge in [-0.05, 0) is 12.1 Å². The summed E-state index contributed by atoms with van der Waals surface area (Å²) in [6.07, 6.45) is 0. The molecule has 1 aromatic heterocycles. The minimum absolute atomic E-state index is 0.188. The van der Waals surface area contributed by atoms with Gasteiger partial charge in [0.2, 0.25) is 0 Å². The van der Waals surface area contributed by atoms with E-state index in [1.807, 2.05) is 24.3 Å². The van der Waals surface area contributed by atoms with Crippen LogP contribution in [0.3, 0.4) is 0 Å². The normalized spacial score (nSPS) is 9.81. The van der Waals surface area contributed by atoms with Crippen LogP contribution in [0.4, 0.5) is 5.69 Å². The average molecular weight is 301 g/mol. The summed E-state index contributed by atoms with van der Waals surface area (Å²) in [7, 11) is 1.61. The Morgan fingerprint density at radius 1 is 1.43 bits per heavy atom. The summed E-state index contributed by atoms with van der Waals surface area (Å²) in [5.41, 5.74) is 2.21. The summed E-state index contributed by atoms with van der Waals surface area (Å²) in [5, 5.41) is 13.3. The van der Waals surface area contributed by atoms with Crippen molar-refractivity contribution in [3.63, 3.8) is 0 Å². The van der Waals surface area contributed by atoms with Crippen molar-refractivity contribution in [2.24, 2.45) is 0 Å². The van der Waals surface area contributed by atoms with Gasteiger partial charge in [0.05, 0.1) is 17.0 Å². The van der Waals surface area contributed by atoms with Gasteiger partial charge in [0, 0.05) is 23.7 Å². The number of aliphatic hydroxyl groups excluding tert-OH is 1. The third kappa shape index (κ3) is 4.17. The monoisotopic (exact) mass is 301 g/mol. The SMILES string of the molecule is COCc1ccccc1NC(=O)c1csc(C#CCO)c1. The summed E-state index contributed by atoms with van der Waals surface area (Å²) in [5.74, 6) is 5.16. The van der Waals surface area contributed by atoms with E-state index in [2.05, 4.69) is 17.2 Å². The molecule has 0 aliphatic carbocycles. The topological polar surface area (TPSA) is 58.6 Å². The molecule has 1 heterocycles. The van der Waals surface area contributed by atoms with Gasteiger partial charge in [-0.25, -0.2) is 0 Å². The first-order chi connectivity index (χ1) is 10.2. The highest BCUT2D eigenvalue weighted by atomic mass is 32.1. The number of amides is 1. The highest BCUT2D eigenvalue weighted by Crippen LogP contribution is 2.19. The molecule has 4 nitrogen and oxygen atoms in total. The van der Waals surface area contributed by atoms with Crippen molar-refractivity contribution in [2.45, 2.75) is 6.61 Å². The van der Waals surface area contributed by atoms with E-state index >= 15 is 0 Å². The molecular weight excluding hydrogens is 286 g/mol. The van der Waals surface area contributed by atoms with E-state index < -0.39 is 0 Å². The molecule has 0 aliphatic heterocycles. The highest BCUT2D eigenvalue weighted by molar-refractivity contribution is 7.10. The molecule has 0 bridgehead atoms. The standard InChI is InChI=1S/C16H15NO3S/c1-20-10-12-5-2-3-7-15(12)17-16(19)13-9-14(21-11-13)6-4-8-18/h2-3,5,7,9,11,18H,8,10H2,1H3,(H,17,19). The van der Waals surface area contributed by atoms with Crippen LogP contribution in [0.15, 0.2) is 35.7 Å². The third-order valence-electron chi connectivity index (χ3n) is 2.72. The predicted octanol–water partition coefficient (Wildman–Crippen LogP) is 2.49. The van der Waals surface area contributed by atoms with Gasteiger partial charge in [0.15, 0.2) is 0 Å². The first-order valence-corrected chi connectivity index (χ1v) is 7.19. The summed E-state index contributed by atoms with van der Waals surface area (Å²) in [6.45, 7) is 0.247. The molecule has 1 amide bonds. The van der Waals surface area contributed by atoms with Gasteiger partial charge >= 0.3 is 0 Å². The van der Waals surface area contributed by atoms with Gasteiger partial charge < -0.3 is 15.2 Å².